The number of carboxylic acid groups (broad SMARTS) is 1. The molecule has 2 rings (SSSR count). The van der Waals surface area contributed by atoms with Gasteiger partial charge in [0.05, 0.1) is 4.92 Å². The molecule has 0 radical (unpaired) electrons. The molecule has 1 N–H and O–H groups in total. The third-order valence-electron chi connectivity index (χ3n) is 2.78. The highest BCUT2D eigenvalue weighted by Crippen LogP contribution is 2.27. The van der Waals surface area contributed by atoms with Gasteiger partial charge in [0.2, 0.25) is 5.82 Å². The van der Waals surface area contributed by atoms with Crippen LogP contribution in [0, 0.1) is 10.1 Å². The van der Waals surface area contributed by atoms with Crippen LogP contribution >= 0.6 is 0 Å². The molecule has 2 heterocycles. The molecular weight excluding hydrogens is 266 g/mol. The maximum atomic E-state index is 11.2. The summed E-state index contributed by atoms with van der Waals surface area (Å²) < 4.78 is 2.66. The van der Waals surface area contributed by atoms with Gasteiger partial charge < -0.3 is 5.11 Å². The van der Waals surface area contributed by atoms with Gasteiger partial charge in [-0.05, 0) is 6.42 Å². The third kappa shape index (κ3) is 2.25. The summed E-state index contributed by atoms with van der Waals surface area (Å²) in [6.07, 6.45) is 3.65. The number of aromatic carboxylic acids is 1. The fraction of sp³-hybridized carbons (Fsp3) is 0.364. The Hall–Kier alpha value is -2.71. The Morgan fingerprint density at radius 2 is 2.25 bits per heavy atom. The van der Waals surface area contributed by atoms with Gasteiger partial charge in [0.15, 0.2) is 5.69 Å². The second kappa shape index (κ2) is 5.11. The first-order valence-electron chi connectivity index (χ1n) is 5.93. The van der Waals surface area contributed by atoms with E-state index in [0.29, 0.717) is 12.1 Å². The molecule has 0 fully saturated rings. The summed E-state index contributed by atoms with van der Waals surface area (Å²) in [6.45, 7) is 1.90. The lowest BCUT2D eigenvalue weighted by Crippen LogP contribution is -2.04. The predicted octanol–water partition coefficient (Wildman–Crippen LogP) is 1.16. The second-order valence-electron chi connectivity index (χ2n) is 4.22. The van der Waals surface area contributed by atoms with Crippen LogP contribution in [0.4, 0.5) is 5.69 Å². The van der Waals surface area contributed by atoms with Crippen molar-refractivity contribution in [2.45, 2.75) is 19.8 Å². The lowest BCUT2D eigenvalue weighted by Gasteiger charge is -2.01. The number of imidazole rings is 1. The molecule has 2 aromatic rings. The molecule has 0 aliphatic carbocycles. The molecule has 9 heteroatoms. The average Bonchev–Trinajstić information content (AvgIpc) is 2.93. The van der Waals surface area contributed by atoms with Crippen LogP contribution in [0.15, 0.2) is 12.5 Å². The molecule has 9 nitrogen and oxygen atoms in total. The van der Waals surface area contributed by atoms with Gasteiger partial charge in [0, 0.05) is 13.2 Å². The Morgan fingerprint density at radius 3 is 2.75 bits per heavy atom. The highest BCUT2D eigenvalue weighted by atomic mass is 16.6. The van der Waals surface area contributed by atoms with Crippen LogP contribution in [0.3, 0.4) is 0 Å². The zero-order valence-electron chi connectivity index (χ0n) is 11.0. The van der Waals surface area contributed by atoms with Crippen molar-refractivity contribution in [3.05, 3.63) is 34.0 Å². The largest absolute Gasteiger partial charge is 0.476 e. The minimum Gasteiger partial charge on any atom is -0.476 e. The van der Waals surface area contributed by atoms with Crippen LogP contribution in [0.1, 0.15) is 29.5 Å². The smallest absolute Gasteiger partial charge is 0.356 e. The first kappa shape index (κ1) is 13.7. The summed E-state index contributed by atoms with van der Waals surface area (Å²) >= 11 is 0. The van der Waals surface area contributed by atoms with Gasteiger partial charge in [-0.3, -0.25) is 14.7 Å². The summed E-state index contributed by atoms with van der Waals surface area (Å²) in [6, 6.07) is 0. The fourth-order valence-corrected chi connectivity index (χ4v) is 1.99. The van der Waals surface area contributed by atoms with E-state index in [1.54, 1.807) is 7.05 Å². The number of carboxylic acids is 1. The molecule has 0 amide bonds. The highest BCUT2D eigenvalue weighted by Gasteiger charge is 2.27. The number of aryl methyl sites for hydroxylation is 2. The van der Waals surface area contributed by atoms with Crippen molar-refractivity contribution in [2.75, 3.05) is 0 Å². The zero-order chi connectivity index (χ0) is 14.9. The van der Waals surface area contributed by atoms with Crippen molar-refractivity contribution in [2.24, 2.45) is 7.05 Å². The van der Waals surface area contributed by atoms with Crippen molar-refractivity contribution < 1.29 is 14.8 Å². The van der Waals surface area contributed by atoms with Gasteiger partial charge in [-0.1, -0.05) is 13.3 Å². The van der Waals surface area contributed by atoms with Gasteiger partial charge in [0.1, 0.15) is 12.0 Å². The molecule has 0 aliphatic heterocycles. The van der Waals surface area contributed by atoms with Gasteiger partial charge in [-0.2, -0.15) is 5.10 Å². The molecule has 106 valence electrons. The molecule has 0 aliphatic rings. The normalized spacial score (nSPS) is 10.7. The van der Waals surface area contributed by atoms with E-state index in [1.165, 1.54) is 21.8 Å². The van der Waals surface area contributed by atoms with E-state index in [0.717, 1.165) is 6.42 Å². The van der Waals surface area contributed by atoms with E-state index in [9.17, 15) is 14.9 Å². The maximum Gasteiger partial charge on any atom is 0.356 e. The molecule has 0 aromatic carbocycles. The highest BCUT2D eigenvalue weighted by molar-refractivity contribution is 5.85. The van der Waals surface area contributed by atoms with Gasteiger partial charge >= 0.3 is 11.7 Å². The van der Waals surface area contributed by atoms with Gasteiger partial charge in [-0.25, -0.2) is 14.5 Å². The SMILES string of the molecule is CCCc1nn(C)c(-n2cnc(C(=O)O)c2)c1[N+](=O)[O-]. The fourth-order valence-electron chi connectivity index (χ4n) is 1.99. The second-order valence-corrected chi connectivity index (χ2v) is 4.22. The van der Waals surface area contributed by atoms with Gasteiger partial charge in [0.25, 0.3) is 0 Å². The summed E-state index contributed by atoms with van der Waals surface area (Å²) in [5.74, 6) is -0.999. The van der Waals surface area contributed by atoms with Crippen LogP contribution in [0.25, 0.3) is 5.82 Å². The summed E-state index contributed by atoms with van der Waals surface area (Å²) in [7, 11) is 1.57. The summed E-state index contributed by atoms with van der Waals surface area (Å²) in [4.78, 5) is 25.3. The lowest BCUT2D eigenvalue weighted by atomic mass is 10.2. The maximum absolute atomic E-state index is 11.2. The van der Waals surface area contributed by atoms with E-state index in [2.05, 4.69) is 10.1 Å². The van der Waals surface area contributed by atoms with Crippen LogP contribution in [0.2, 0.25) is 0 Å². The molecule has 0 atom stereocenters. The van der Waals surface area contributed by atoms with Crippen molar-refractivity contribution in [3.63, 3.8) is 0 Å². The van der Waals surface area contributed by atoms with Crippen LogP contribution in [-0.4, -0.2) is 35.3 Å². The molecule has 0 spiro atoms. The molecule has 0 unspecified atom stereocenters. The molecule has 0 saturated carbocycles. The summed E-state index contributed by atoms with van der Waals surface area (Å²) in [5.41, 5.74) is 0.0711. The first-order valence-corrected chi connectivity index (χ1v) is 5.93. The molecule has 0 saturated heterocycles. The van der Waals surface area contributed by atoms with Crippen molar-refractivity contribution >= 4 is 11.7 Å². The van der Waals surface area contributed by atoms with E-state index >= 15 is 0 Å². The monoisotopic (exact) mass is 279 g/mol. The quantitative estimate of drug-likeness (QED) is 0.648. The number of aromatic nitrogens is 4. The van der Waals surface area contributed by atoms with Crippen LogP contribution in [-0.2, 0) is 13.5 Å². The van der Waals surface area contributed by atoms with Crippen molar-refractivity contribution in [3.8, 4) is 5.82 Å². The number of nitrogens with zero attached hydrogens (tertiary/aromatic N) is 5. The third-order valence-corrected chi connectivity index (χ3v) is 2.78. The number of carbonyl (C=O) groups is 1. The van der Waals surface area contributed by atoms with Crippen LogP contribution in [0.5, 0.6) is 0 Å². The molecule has 20 heavy (non-hydrogen) atoms. The topological polar surface area (TPSA) is 116 Å². The minimum absolute atomic E-state index is 0.122. The van der Waals surface area contributed by atoms with E-state index in [1.807, 2.05) is 6.92 Å². The van der Waals surface area contributed by atoms with Crippen LogP contribution < -0.4 is 0 Å². The van der Waals surface area contributed by atoms with E-state index < -0.39 is 10.9 Å². The zero-order valence-corrected chi connectivity index (χ0v) is 11.0. The number of hydrogen-bond donors (Lipinski definition) is 1. The Balaban J connectivity index is 2.59. The molecular formula is C11H13N5O4. The Kier molecular flexibility index (Phi) is 3.51. The molecule has 2 aromatic heterocycles. The lowest BCUT2D eigenvalue weighted by molar-refractivity contribution is -0.385. The molecule has 0 bridgehead atoms. The Labute approximate surface area is 113 Å². The van der Waals surface area contributed by atoms with Crippen molar-refractivity contribution in [1.29, 1.82) is 0 Å². The Morgan fingerprint density at radius 1 is 1.55 bits per heavy atom. The number of hydrogen-bond acceptors (Lipinski definition) is 5. The van der Waals surface area contributed by atoms with E-state index in [4.69, 9.17) is 5.11 Å². The van der Waals surface area contributed by atoms with Crippen molar-refractivity contribution in [1.82, 2.24) is 19.3 Å². The Bertz CT molecular complexity index is 672. The number of rotatable bonds is 5. The average molecular weight is 279 g/mol. The van der Waals surface area contributed by atoms with Gasteiger partial charge in [-0.15, -0.1) is 0 Å². The first-order chi connectivity index (χ1) is 9.45. The summed E-state index contributed by atoms with van der Waals surface area (Å²) in [5, 5.41) is 24.2. The predicted molar refractivity (Wildman–Crippen MR) is 67.9 cm³/mol. The van der Waals surface area contributed by atoms with E-state index in [-0.39, 0.29) is 17.2 Å². The number of nitro groups is 1. The minimum atomic E-state index is -1.19. The standard InChI is InChI=1S/C11H13N5O4/c1-3-4-7-9(16(19)20)10(14(2)13-7)15-5-8(11(17)18)12-6-15/h5-6H,3-4H2,1-2H3,(H,17,18).